The van der Waals surface area contributed by atoms with E-state index in [0.717, 1.165) is 22.2 Å². The number of benzene rings is 1. The zero-order chi connectivity index (χ0) is 20.7. The van der Waals surface area contributed by atoms with Gasteiger partial charge in [-0.3, -0.25) is 4.79 Å². The summed E-state index contributed by atoms with van der Waals surface area (Å²) in [6.45, 7) is 15.4. The number of aromatic amines is 1. The Morgan fingerprint density at radius 2 is 1.86 bits per heavy atom. The molecular formula is C23H29N3OSi. The minimum Gasteiger partial charge on any atom is -0.367 e. The lowest BCUT2D eigenvalue weighted by Gasteiger charge is -2.29. The first-order chi connectivity index (χ1) is 13.0. The predicted octanol–water partition coefficient (Wildman–Crippen LogP) is 5.15. The van der Waals surface area contributed by atoms with E-state index in [1.807, 2.05) is 24.3 Å². The van der Waals surface area contributed by atoms with E-state index in [4.69, 9.17) is 4.98 Å². The molecule has 0 saturated heterocycles. The number of fused-ring (bicyclic) bond motifs is 3. The van der Waals surface area contributed by atoms with Crippen molar-refractivity contribution >= 4 is 35.6 Å². The Morgan fingerprint density at radius 3 is 2.50 bits per heavy atom. The second kappa shape index (κ2) is 7.10. The van der Waals surface area contributed by atoms with E-state index < -0.39 is 8.07 Å². The molecule has 0 fully saturated rings. The molecule has 4 nitrogen and oxygen atoms in total. The quantitative estimate of drug-likeness (QED) is 0.361. The number of pyridine rings is 2. The third-order valence-corrected chi connectivity index (χ3v) is 5.82. The maximum Gasteiger partial charge on any atom is 0.258 e. The van der Waals surface area contributed by atoms with Gasteiger partial charge in [-0.05, 0) is 36.6 Å². The zero-order valence-electron chi connectivity index (χ0n) is 17.8. The van der Waals surface area contributed by atoms with Gasteiger partial charge in [0, 0.05) is 28.6 Å². The van der Waals surface area contributed by atoms with Crippen LogP contribution in [0.1, 0.15) is 33.3 Å². The predicted molar refractivity (Wildman–Crippen MR) is 123 cm³/mol. The molecule has 1 aromatic carbocycles. The highest BCUT2D eigenvalue weighted by Crippen LogP contribution is 2.31. The van der Waals surface area contributed by atoms with Crippen molar-refractivity contribution in [2.45, 2.75) is 53.4 Å². The Morgan fingerprint density at radius 1 is 1.14 bits per heavy atom. The summed E-state index contributed by atoms with van der Waals surface area (Å²) in [6.07, 6.45) is 1.65. The zero-order valence-corrected chi connectivity index (χ0v) is 18.8. The third kappa shape index (κ3) is 4.28. The van der Waals surface area contributed by atoms with Crippen LogP contribution in [0.25, 0.3) is 21.7 Å². The van der Waals surface area contributed by atoms with Crippen molar-refractivity contribution in [2.24, 2.45) is 5.41 Å². The molecular weight excluding hydrogens is 362 g/mol. The number of rotatable bonds is 2. The molecule has 0 amide bonds. The number of nitrogens with one attached hydrogen (secondary N) is 2. The maximum atomic E-state index is 12.6. The minimum atomic E-state index is -1.48. The molecule has 2 N–H and O–H groups in total. The molecule has 28 heavy (non-hydrogen) atoms. The van der Waals surface area contributed by atoms with E-state index in [9.17, 15) is 4.79 Å². The largest absolute Gasteiger partial charge is 0.367 e. The third-order valence-electron chi connectivity index (χ3n) is 4.95. The van der Waals surface area contributed by atoms with Crippen LogP contribution in [-0.4, -0.2) is 24.1 Å². The summed E-state index contributed by atoms with van der Waals surface area (Å²) in [5.41, 5.74) is 4.98. The van der Waals surface area contributed by atoms with Crippen LogP contribution in [0.3, 0.4) is 0 Å². The van der Waals surface area contributed by atoms with Gasteiger partial charge >= 0.3 is 0 Å². The highest BCUT2D eigenvalue weighted by molar-refractivity contribution is 6.83. The van der Waals surface area contributed by atoms with Gasteiger partial charge < -0.3 is 10.3 Å². The second-order valence-corrected chi connectivity index (χ2v) is 14.3. The van der Waals surface area contributed by atoms with Gasteiger partial charge in [-0.15, -0.1) is 5.54 Å². The Balaban J connectivity index is 2.27. The van der Waals surface area contributed by atoms with Gasteiger partial charge in [0.2, 0.25) is 0 Å². The molecule has 2 aromatic heterocycles. The lowest BCUT2D eigenvalue weighted by molar-refractivity contribution is 0.359. The summed E-state index contributed by atoms with van der Waals surface area (Å²) >= 11 is 0. The number of anilines is 1. The lowest BCUT2D eigenvalue weighted by atomic mass is 9.88. The van der Waals surface area contributed by atoms with E-state index in [2.05, 4.69) is 69.1 Å². The Hall–Kier alpha value is -2.58. The molecule has 0 saturated carbocycles. The van der Waals surface area contributed by atoms with Crippen LogP contribution < -0.4 is 10.9 Å². The molecule has 146 valence electrons. The monoisotopic (exact) mass is 391 g/mol. The summed E-state index contributed by atoms with van der Waals surface area (Å²) in [4.78, 5) is 20.1. The van der Waals surface area contributed by atoms with Gasteiger partial charge in [0.1, 0.15) is 13.9 Å². The molecule has 5 heteroatoms. The van der Waals surface area contributed by atoms with Crippen molar-refractivity contribution in [3.05, 3.63) is 46.4 Å². The minimum absolute atomic E-state index is 0.0832. The average molecular weight is 392 g/mol. The molecule has 0 bridgehead atoms. The Kier molecular flexibility index (Phi) is 5.11. The van der Waals surface area contributed by atoms with Gasteiger partial charge in [-0.1, -0.05) is 46.3 Å². The summed E-state index contributed by atoms with van der Waals surface area (Å²) in [5, 5.41) is 6.00. The van der Waals surface area contributed by atoms with Crippen molar-refractivity contribution in [3.8, 4) is 11.5 Å². The first-order valence-electron chi connectivity index (χ1n) is 9.70. The van der Waals surface area contributed by atoms with Crippen LogP contribution in [-0.2, 0) is 0 Å². The SMILES string of the molecule is CC(Nc1nc2cc[nH]c(=O)c2c2cc(C#C[Si](C)(C)C)ccc12)C(C)(C)C. The summed E-state index contributed by atoms with van der Waals surface area (Å²) in [7, 11) is -1.48. The molecule has 1 atom stereocenters. The van der Waals surface area contributed by atoms with Crippen LogP contribution in [0.15, 0.2) is 35.3 Å². The van der Waals surface area contributed by atoms with Gasteiger partial charge in [0.15, 0.2) is 0 Å². The number of nitrogens with zero attached hydrogens (tertiary/aromatic N) is 1. The molecule has 3 aromatic rings. The van der Waals surface area contributed by atoms with Crippen molar-refractivity contribution in [1.29, 1.82) is 0 Å². The van der Waals surface area contributed by atoms with Gasteiger partial charge in [-0.2, -0.15) is 0 Å². The topological polar surface area (TPSA) is 57.8 Å². The van der Waals surface area contributed by atoms with E-state index in [0.29, 0.717) is 10.9 Å². The van der Waals surface area contributed by atoms with Crippen LogP contribution in [0.2, 0.25) is 19.6 Å². The van der Waals surface area contributed by atoms with Crippen molar-refractivity contribution in [1.82, 2.24) is 9.97 Å². The maximum absolute atomic E-state index is 12.6. The average Bonchev–Trinajstić information content (AvgIpc) is 2.58. The Labute approximate surface area is 167 Å². The molecule has 1 unspecified atom stereocenters. The lowest BCUT2D eigenvalue weighted by Crippen LogP contribution is -2.31. The van der Waals surface area contributed by atoms with E-state index in [-0.39, 0.29) is 17.0 Å². The first kappa shape index (κ1) is 20.2. The van der Waals surface area contributed by atoms with Crippen molar-refractivity contribution in [2.75, 3.05) is 5.32 Å². The molecule has 0 spiro atoms. The van der Waals surface area contributed by atoms with E-state index in [1.54, 1.807) is 6.20 Å². The fourth-order valence-electron chi connectivity index (χ4n) is 2.83. The van der Waals surface area contributed by atoms with E-state index in [1.165, 1.54) is 0 Å². The van der Waals surface area contributed by atoms with Crippen LogP contribution >= 0.6 is 0 Å². The fraction of sp³-hybridized carbons (Fsp3) is 0.391. The van der Waals surface area contributed by atoms with Gasteiger partial charge in [0.25, 0.3) is 5.56 Å². The molecule has 0 radical (unpaired) electrons. The highest BCUT2D eigenvalue weighted by atomic mass is 28.3. The van der Waals surface area contributed by atoms with Gasteiger partial charge in [-0.25, -0.2) is 4.98 Å². The Bertz CT molecular complexity index is 1150. The molecule has 3 rings (SSSR count). The molecule has 0 aliphatic carbocycles. The highest BCUT2D eigenvalue weighted by Gasteiger charge is 2.21. The van der Waals surface area contributed by atoms with E-state index >= 15 is 0 Å². The number of aromatic nitrogens is 2. The molecule has 0 aliphatic heterocycles. The second-order valence-electron chi connectivity index (χ2n) is 9.52. The first-order valence-corrected chi connectivity index (χ1v) is 13.2. The normalized spacial score (nSPS) is 13.2. The summed E-state index contributed by atoms with van der Waals surface area (Å²) in [6, 6.07) is 8.14. The van der Waals surface area contributed by atoms with Gasteiger partial charge in [0.05, 0.1) is 10.9 Å². The number of hydrogen-bond donors (Lipinski definition) is 2. The number of H-pyrrole nitrogens is 1. The fourth-order valence-corrected chi connectivity index (χ4v) is 3.35. The standard InChI is InChI=1S/C23H29N3OSi/c1-15(23(2,3)4)25-21-17-9-8-16(11-13-28(5,6)7)14-18(17)20-19(26-21)10-12-24-22(20)27/h8-10,12,14-15H,1-7H3,(H,24,27)(H,25,26). The van der Waals surface area contributed by atoms with Crippen LogP contribution in [0.4, 0.5) is 5.82 Å². The molecule has 2 heterocycles. The van der Waals surface area contributed by atoms with Crippen molar-refractivity contribution < 1.29 is 0 Å². The summed E-state index contributed by atoms with van der Waals surface area (Å²) in [5.74, 6) is 4.11. The summed E-state index contributed by atoms with van der Waals surface area (Å²) < 4.78 is 0. The molecule has 0 aliphatic rings. The van der Waals surface area contributed by atoms with Crippen molar-refractivity contribution in [3.63, 3.8) is 0 Å². The smallest absolute Gasteiger partial charge is 0.258 e. The van der Waals surface area contributed by atoms with Crippen LogP contribution in [0.5, 0.6) is 0 Å². The number of hydrogen-bond acceptors (Lipinski definition) is 3. The van der Waals surface area contributed by atoms with Crippen LogP contribution in [0, 0.1) is 16.9 Å².